The van der Waals surface area contributed by atoms with E-state index in [1.807, 2.05) is 0 Å². The number of phosphoric ester groups is 1. The summed E-state index contributed by atoms with van der Waals surface area (Å²) in [5.41, 5.74) is 3.55. The third-order valence-corrected chi connectivity index (χ3v) is 5.64. The molecule has 5 N–H and O–H groups in total. The number of hydrogen-bond acceptors (Lipinski definition) is 6. The molecule has 0 aliphatic heterocycles. The molecule has 0 bridgehead atoms. The highest BCUT2D eigenvalue weighted by molar-refractivity contribution is 7.43. The van der Waals surface area contributed by atoms with Gasteiger partial charge in [0.25, 0.3) is 0 Å². The van der Waals surface area contributed by atoms with Crippen molar-refractivity contribution in [2.75, 3.05) is 6.61 Å². The number of quaternary nitrogens is 1. The Morgan fingerprint density at radius 1 is 0.821 bits per heavy atom. The Bertz CT molecular complexity index is 393. The van der Waals surface area contributed by atoms with E-state index in [1.165, 1.54) is 70.6 Å². The fourth-order valence-corrected chi connectivity index (χ4v) is 3.69. The summed E-state index contributed by atoms with van der Waals surface area (Å²) in [6, 6.07) is -0.863. The zero-order chi connectivity index (χ0) is 21.3. The molecule has 0 radical (unpaired) electrons. The average molecular weight is 425 g/mol. The molecule has 0 aromatic rings. The second kappa shape index (κ2) is 17.8. The minimum absolute atomic E-state index is 0.428. The molecule has 28 heavy (non-hydrogen) atoms. The molecule has 0 aliphatic rings. The van der Waals surface area contributed by atoms with Crippen LogP contribution in [0.4, 0.5) is 0 Å². The number of hydrogen-bond donors (Lipinski definition) is 3. The Labute approximate surface area is 171 Å². The molecule has 0 saturated carbocycles. The van der Waals surface area contributed by atoms with Crippen LogP contribution in [-0.4, -0.2) is 35.1 Å². The SMILES string of the molecule is CCCCCCCCCCCCCCCC[C@@H](O)[C@@H](O)[C@@H]([NH3+])COP(=O)([O-])[O-]. The van der Waals surface area contributed by atoms with Crippen molar-refractivity contribution < 1.29 is 34.8 Å². The van der Waals surface area contributed by atoms with Crippen LogP contribution in [0.1, 0.15) is 103 Å². The van der Waals surface area contributed by atoms with Gasteiger partial charge in [-0.3, -0.25) is 0 Å². The Morgan fingerprint density at radius 3 is 1.61 bits per heavy atom. The van der Waals surface area contributed by atoms with Gasteiger partial charge in [-0.2, -0.15) is 0 Å². The lowest BCUT2D eigenvalue weighted by Crippen LogP contribution is -2.70. The molecule has 0 aliphatic carbocycles. The summed E-state index contributed by atoms with van der Waals surface area (Å²) in [5.74, 6) is 0. The van der Waals surface area contributed by atoms with Crippen LogP contribution in [0.3, 0.4) is 0 Å². The number of phosphoric acid groups is 1. The van der Waals surface area contributed by atoms with Gasteiger partial charge in [0.15, 0.2) is 0 Å². The van der Waals surface area contributed by atoms with Crippen molar-refractivity contribution in [3.8, 4) is 0 Å². The van der Waals surface area contributed by atoms with E-state index in [1.54, 1.807) is 0 Å². The molecule has 0 fully saturated rings. The van der Waals surface area contributed by atoms with E-state index in [2.05, 4.69) is 17.2 Å². The van der Waals surface area contributed by atoms with Crippen molar-refractivity contribution >= 4 is 7.82 Å². The molecule has 0 aromatic heterocycles. The second-order valence-corrected chi connectivity index (χ2v) is 9.10. The first-order chi connectivity index (χ1) is 13.3. The average Bonchev–Trinajstić information content (AvgIpc) is 2.64. The van der Waals surface area contributed by atoms with E-state index in [0.29, 0.717) is 6.42 Å². The van der Waals surface area contributed by atoms with Gasteiger partial charge < -0.3 is 34.8 Å². The van der Waals surface area contributed by atoms with E-state index < -0.39 is 32.7 Å². The highest BCUT2D eigenvalue weighted by Crippen LogP contribution is 2.24. The minimum atomic E-state index is -5.07. The maximum atomic E-state index is 10.4. The van der Waals surface area contributed by atoms with E-state index >= 15 is 0 Å². The van der Waals surface area contributed by atoms with Crippen molar-refractivity contribution in [1.29, 1.82) is 0 Å². The zero-order valence-electron chi connectivity index (χ0n) is 17.7. The molecule has 8 heteroatoms. The van der Waals surface area contributed by atoms with Crippen LogP contribution < -0.4 is 15.5 Å². The first kappa shape index (κ1) is 28.0. The van der Waals surface area contributed by atoms with Crippen LogP contribution in [0.15, 0.2) is 0 Å². The lowest BCUT2D eigenvalue weighted by Gasteiger charge is -2.30. The van der Waals surface area contributed by atoms with Gasteiger partial charge in [0.2, 0.25) is 0 Å². The monoisotopic (exact) mass is 424 g/mol. The lowest BCUT2D eigenvalue weighted by atomic mass is 10.00. The van der Waals surface area contributed by atoms with Crippen molar-refractivity contribution in [3.63, 3.8) is 0 Å². The first-order valence-electron chi connectivity index (χ1n) is 11.1. The molecule has 170 valence electrons. The van der Waals surface area contributed by atoms with Crippen LogP contribution in [0.5, 0.6) is 0 Å². The smallest absolute Gasteiger partial charge is 0.137 e. The summed E-state index contributed by atoms with van der Waals surface area (Å²) >= 11 is 0. The van der Waals surface area contributed by atoms with E-state index in [4.69, 9.17) is 0 Å². The molecule has 3 atom stereocenters. The first-order valence-corrected chi connectivity index (χ1v) is 12.6. The summed E-state index contributed by atoms with van der Waals surface area (Å²) in [6.45, 7) is 1.73. The number of aliphatic hydroxyl groups excluding tert-OH is 2. The van der Waals surface area contributed by atoms with Gasteiger partial charge in [0.05, 0.1) is 13.9 Å². The molecule has 0 heterocycles. The third-order valence-electron chi connectivity index (χ3n) is 5.18. The van der Waals surface area contributed by atoms with Crippen LogP contribution in [0.25, 0.3) is 0 Å². The van der Waals surface area contributed by atoms with E-state index in [-0.39, 0.29) is 0 Å². The third kappa shape index (κ3) is 18.0. The normalized spacial score (nSPS) is 15.5. The summed E-state index contributed by atoms with van der Waals surface area (Å²) in [5, 5.41) is 19.8. The summed E-state index contributed by atoms with van der Waals surface area (Å²) < 4.78 is 14.5. The largest absolute Gasteiger partial charge is 0.790 e. The second-order valence-electron chi connectivity index (χ2n) is 7.95. The van der Waals surface area contributed by atoms with Crippen molar-refractivity contribution in [2.45, 2.75) is 121 Å². The summed E-state index contributed by atoms with van der Waals surface area (Å²) in [6.07, 6.45) is 15.8. The number of aliphatic hydroxyl groups is 2. The highest BCUT2D eigenvalue weighted by Gasteiger charge is 2.26. The van der Waals surface area contributed by atoms with Crippen LogP contribution >= 0.6 is 7.82 Å². The molecule has 0 aromatic carbocycles. The van der Waals surface area contributed by atoms with Gasteiger partial charge in [-0.05, 0) is 6.42 Å². The van der Waals surface area contributed by atoms with Crippen LogP contribution in [-0.2, 0) is 9.09 Å². The maximum Gasteiger partial charge on any atom is 0.137 e. The molecule has 0 amide bonds. The van der Waals surface area contributed by atoms with Crippen LogP contribution in [0.2, 0.25) is 0 Å². The van der Waals surface area contributed by atoms with Gasteiger partial charge in [0, 0.05) is 0 Å². The van der Waals surface area contributed by atoms with Crippen molar-refractivity contribution in [2.24, 2.45) is 0 Å². The highest BCUT2D eigenvalue weighted by atomic mass is 31.2. The summed E-state index contributed by atoms with van der Waals surface area (Å²) in [4.78, 5) is 20.9. The van der Waals surface area contributed by atoms with E-state index in [0.717, 1.165) is 19.3 Å². The fourth-order valence-electron chi connectivity index (χ4n) is 3.32. The molecule has 0 saturated heterocycles. The molecular weight excluding hydrogens is 381 g/mol. The Balaban J connectivity index is 3.46. The molecule has 0 spiro atoms. The zero-order valence-corrected chi connectivity index (χ0v) is 18.6. The Morgan fingerprint density at radius 2 is 1.21 bits per heavy atom. The topological polar surface area (TPSA) is 141 Å². The van der Waals surface area contributed by atoms with Gasteiger partial charge >= 0.3 is 0 Å². The minimum Gasteiger partial charge on any atom is -0.790 e. The van der Waals surface area contributed by atoms with Crippen LogP contribution in [0, 0.1) is 0 Å². The standard InChI is InChI=1S/C20H44NO6P/c1-2-3-4-5-6-7-8-9-10-11-12-13-14-15-16-19(22)20(23)18(21)17-27-28(24,25)26/h18-20,22-23H,2-17,21H2,1H3,(H2,24,25,26)/p-1/t18-,19+,20-/m0/s1. The quantitative estimate of drug-likeness (QED) is 0.202. The van der Waals surface area contributed by atoms with Gasteiger partial charge in [-0.1, -0.05) is 96.8 Å². The van der Waals surface area contributed by atoms with Crippen molar-refractivity contribution in [1.82, 2.24) is 0 Å². The summed E-state index contributed by atoms with van der Waals surface area (Å²) in [7, 11) is -5.07. The van der Waals surface area contributed by atoms with Gasteiger partial charge in [-0.25, -0.2) is 0 Å². The fraction of sp³-hybridized carbons (Fsp3) is 1.00. The predicted molar refractivity (Wildman–Crippen MR) is 107 cm³/mol. The Hall–Kier alpha value is -0.0100. The lowest BCUT2D eigenvalue weighted by molar-refractivity contribution is -0.450. The molecular formula is C20H43NO6P-. The number of unbranched alkanes of at least 4 members (excludes halogenated alkanes) is 13. The Kier molecular flexibility index (Phi) is 17.8. The van der Waals surface area contributed by atoms with E-state index in [9.17, 15) is 24.6 Å². The van der Waals surface area contributed by atoms with Gasteiger partial charge in [-0.15, -0.1) is 0 Å². The molecule has 0 unspecified atom stereocenters. The van der Waals surface area contributed by atoms with Crippen molar-refractivity contribution in [3.05, 3.63) is 0 Å². The predicted octanol–water partition coefficient (Wildman–Crippen LogP) is 2.04. The molecule has 7 nitrogen and oxygen atoms in total. The van der Waals surface area contributed by atoms with Gasteiger partial charge in [0.1, 0.15) is 18.8 Å². The number of rotatable bonds is 20. The molecule has 0 rings (SSSR count). The maximum absolute atomic E-state index is 10.4.